The minimum atomic E-state index is -0.579. The van der Waals surface area contributed by atoms with E-state index in [1.807, 2.05) is 71.6 Å². The number of carbonyl (C=O) groups excluding carboxylic acids is 1. The molecule has 6 rings (SSSR count). The molecule has 3 aromatic rings. The number of rotatable bonds is 8. The molecule has 0 bridgehead atoms. The van der Waals surface area contributed by atoms with Crippen molar-refractivity contribution < 1.29 is 28.8 Å². The van der Waals surface area contributed by atoms with Gasteiger partial charge in [0.25, 0.3) is 5.91 Å². The molecule has 0 aromatic heterocycles. The summed E-state index contributed by atoms with van der Waals surface area (Å²) in [4.78, 5) is 17.8. The van der Waals surface area contributed by atoms with E-state index in [0.29, 0.717) is 36.9 Å². The highest BCUT2D eigenvalue weighted by Crippen LogP contribution is 2.34. The van der Waals surface area contributed by atoms with E-state index >= 15 is 0 Å². The third-order valence-electron chi connectivity index (χ3n) is 7.71. The number of hydrogen-bond acceptors (Lipinski definition) is 7. The van der Waals surface area contributed by atoms with Crippen LogP contribution in [0.15, 0.2) is 78.6 Å². The lowest BCUT2D eigenvalue weighted by Gasteiger charge is -2.36. The molecule has 1 amide bonds. The Kier molecular flexibility index (Phi) is 8.43. The van der Waals surface area contributed by atoms with Crippen molar-refractivity contribution in [3.05, 3.63) is 106 Å². The van der Waals surface area contributed by atoms with Gasteiger partial charge in [-0.25, -0.2) is 0 Å². The summed E-state index contributed by atoms with van der Waals surface area (Å²) in [6.07, 6.45) is 1.92. The Hall–Kier alpha value is -3.56. The number of halogens is 1. The molecule has 3 aliphatic rings. The van der Waals surface area contributed by atoms with Crippen molar-refractivity contribution in [1.82, 2.24) is 9.80 Å². The van der Waals surface area contributed by atoms with Gasteiger partial charge in [-0.1, -0.05) is 54.1 Å². The number of nitrogens with zero attached hydrogens (tertiary/aromatic N) is 2. The number of allylic oxidation sites excluding steroid dienone is 1. The van der Waals surface area contributed by atoms with E-state index in [9.17, 15) is 9.90 Å². The maximum Gasteiger partial charge on any atom is 0.288 e. The first-order chi connectivity index (χ1) is 20.0. The van der Waals surface area contributed by atoms with Crippen molar-refractivity contribution in [2.75, 3.05) is 33.0 Å². The molecule has 0 unspecified atom stereocenters. The molecule has 41 heavy (non-hydrogen) atoms. The van der Waals surface area contributed by atoms with E-state index < -0.39 is 6.29 Å². The van der Waals surface area contributed by atoms with Gasteiger partial charge in [-0.05, 0) is 52.6 Å². The quantitative estimate of drug-likeness (QED) is 0.411. The number of benzene rings is 3. The monoisotopic (exact) mass is 576 g/mol. The molecule has 214 valence electrons. The fraction of sp³-hybridized carbons (Fsp3) is 0.344. The van der Waals surface area contributed by atoms with E-state index in [1.165, 1.54) is 0 Å². The van der Waals surface area contributed by atoms with Crippen molar-refractivity contribution in [2.45, 2.75) is 38.4 Å². The van der Waals surface area contributed by atoms with Crippen molar-refractivity contribution in [1.29, 1.82) is 0 Å². The van der Waals surface area contributed by atoms with Gasteiger partial charge in [0, 0.05) is 50.1 Å². The van der Waals surface area contributed by atoms with Crippen LogP contribution in [0.1, 0.15) is 34.6 Å². The first kappa shape index (κ1) is 27.6. The van der Waals surface area contributed by atoms with Gasteiger partial charge in [0.05, 0.1) is 13.2 Å². The summed E-state index contributed by atoms with van der Waals surface area (Å²) in [5.74, 6) is 1.72. The van der Waals surface area contributed by atoms with Crippen LogP contribution in [0.5, 0.6) is 11.5 Å². The van der Waals surface area contributed by atoms with Crippen LogP contribution in [0, 0.1) is 0 Å². The summed E-state index contributed by atoms with van der Waals surface area (Å²) in [5, 5.41) is 9.97. The van der Waals surface area contributed by atoms with E-state index in [2.05, 4.69) is 11.0 Å². The van der Waals surface area contributed by atoms with Crippen LogP contribution >= 0.6 is 11.6 Å². The minimum Gasteiger partial charge on any atom is -0.459 e. The highest BCUT2D eigenvalue weighted by Gasteiger charge is 2.32. The topological polar surface area (TPSA) is 80.7 Å². The Morgan fingerprint density at radius 2 is 1.61 bits per heavy atom. The second kappa shape index (κ2) is 12.5. The average molecular weight is 577 g/mol. The van der Waals surface area contributed by atoms with E-state index in [-0.39, 0.29) is 25.2 Å². The van der Waals surface area contributed by atoms with E-state index in [4.69, 9.17) is 30.5 Å². The lowest BCUT2D eigenvalue weighted by atomic mass is 9.93. The number of piperazine rings is 1. The lowest BCUT2D eigenvalue weighted by molar-refractivity contribution is -0.157. The van der Waals surface area contributed by atoms with Crippen LogP contribution in [0.25, 0.3) is 0 Å². The van der Waals surface area contributed by atoms with Crippen molar-refractivity contribution in [3.63, 3.8) is 0 Å². The molecule has 3 heterocycles. The number of aliphatic hydroxyl groups excluding tert-OH is 1. The standard InChI is InChI=1S/C32H33ClN2O6/c33-27-8-6-25(7-9-27)26-16-30(41-31(17-26)38-20-23-3-1-22(19-36)2-4-23)32(37)35-13-11-34(12-14-35)18-24-5-10-28-29(15-24)40-21-39-28/h1-10,15-16,26,31,36H,11-14,17-21H2/t26-,31+/m0/s1. The summed E-state index contributed by atoms with van der Waals surface area (Å²) in [5.41, 5.74) is 4.02. The molecule has 9 heteroatoms. The van der Waals surface area contributed by atoms with Crippen molar-refractivity contribution >= 4 is 17.5 Å². The fourth-order valence-corrected chi connectivity index (χ4v) is 5.47. The number of carbonyl (C=O) groups is 1. The van der Waals surface area contributed by atoms with Gasteiger partial charge in [-0.3, -0.25) is 9.69 Å². The van der Waals surface area contributed by atoms with Gasteiger partial charge >= 0.3 is 0 Å². The summed E-state index contributed by atoms with van der Waals surface area (Å²) in [7, 11) is 0. The van der Waals surface area contributed by atoms with Crippen LogP contribution in [-0.2, 0) is 34.0 Å². The summed E-state index contributed by atoms with van der Waals surface area (Å²) in [6.45, 7) is 4.13. The second-order valence-electron chi connectivity index (χ2n) is 10.5. The molecule has 1 saturated heterocycles. The fourth-order valence-electron chi connectivity index (χ4n) is 5.35. The second-order valence-corrected chi connectivity index (χ2v) is 11.0. The molecular formula is C32H33ClN2O6. The predicted octanol–water partition coefficient (Wildman–Crippen LogP) is 4.84. The van der Waals surface area contributed by atoms with Crippen molar-refractivity contribution in [2.24, 2.45) is 0 Å². The molecule has 2 atom stereocenters. The molecule has 8 nitrogen and oxygen atoms in total. The molecule has 1 fully saturated rings. The van der Waals surface area contributed by atoms with Crippen LogP contribution in [0.2, 0.25) is 5.02 Å². The third-order valence-corrected chi connectivity index (χ3v) is 7.96. The number of hydrogen-bond donors (Lipinski definition) is 1. The van der Waals surface area contributed by atoms with Gasteiger partial charge in [-0.15, -0.1) is 0 Å². The van der Waals surface area contributed by atoms with Crippen LogP contribution in [0.4, 0.5) is 0 Å². The van der Waals surface area contributed by atoms with Gasteiger partial charge in [0.2, 0.25) is 13.1 Å². The zero-order valence-electron chi connectivity index (χ0n) is 22.7. The molecule has 0 aliphatic carbocycles. The summed E-state index contributed by atoms with van der Waals surface area (Å²) >= 11 is 6.13. The average Bonchev–Trinajstić information content (AvgIpc) is 3.49. The molecule has 1 N–H and O–H groups in total. The van der Waals surface area contributed by atoms with E-state index in [1.54, 1.807) is 0 Å². The minimum absolute atomic E-state index is 0.00140. The highest BCUT2D eigenvalue weighted by molar-refractivity contribution is 6.30. The third kappa shape index (κ3) is 6.68. The zero-order chi connectivity index (χ0) is 28.2. The SMILES string of the molecule is O=C(C1=C[C@H](c2ccc(Cl)cc2)C[C@H](OCc2ccc(CO)cc2)O1)N1CCN(Cc2ccc3c(c2)OCO3)CC1. The number of ether oxygens (including phenoxy) is 4. The van der Waals surface area contributed by atoms with Gasteiger partial charge in [0.1, 0.15) is 0 Å². The molecule has 0 spiro atoms. The van der Waals surface area contributed by atoms with Crippen LogP contribution in [0.3, 0.4) is 0 Å². The largest absolute Gasteiger partial charge is 0.459 e. The predicted molar refractivity (Wildman–Crippen MR) is 153 cm³/mol. The van der Waals surface area contributed by atoms with E-state index in [0.717, 1.165) is 53.4 Å². The first-order valence-corrected chi connectivity index (χ1v) is 14.3. The summed E-state index contributed by atoms with van der Waals surface area (Å²) < 4.78 is 23.2. The number of amides is 1. The molecular weight excluding hydrogens is 544 g/mol. The maximum absolute atomic E-state index is 13.7. The Morgan fingerprint density at radius 1 is 0.902 bits per heavy atom. The number of aliphatic hydroxyl groups is 1. The molecule has 0 saturated carbocycles. The lowest BCUT2D eigenvalue weighted by Crippen LogP contribution is -2.49. The van der Waals surface area contributed by atoms with Gasteiger partial charge < -0.3 is 29.0 Å². The Balaban J connectivity index is 1.10. The smallest absolute Gasteiger partial charge is 0.288 e. The Morgan fingerprint density at radius 3 is 2.37 bits per heavy atom. The number of fused-ring (bicyclic) bond motifs is 1. The molecule has 3 aromatic carbocycles. The van der Waals surface area contributed by atoms with Gasteiger partial charge in [-0.2, -0.15) is 0 Å². The van der Waals surface area contributed by atoms with Crippen LogP contribution < -0.4 is 9.47 Å². The maximum atomic E-state index is 13.7. The van der Waals surface area contributed by atoms with Crippen LogP contribution in [-0.4, -0.2) is 60.1 Å². The summed E-state index contributed by atoms with van der Waals surface area (Å²) in [6, 6.07) is 21.3. The first-order valence-electron chi connectivity index (χ1n) is 13.9. The van der Waals surface area contributed by atoms with Crippen molar-refractivity contribution in [3.8, 4) is 11.5 Å². The Bertz CT molecular complexity index is 1390. The van der Waals surface area contributed by atoms with Gasteiger partial charge in [0.15, 0.2) is 17.3 Å². The zero-order valence-corrected chi connectivity index (χ0v) is 23.5. The molecule has 0 radical (unpaired) electrons. The highest BCUT2D eigenvalue weighted by atomic mass is 35.5. The Labute approximate surface area is 244 Å². The molecule has 3 aliphatic heterocycles. The normalized spacial score (nSPS) is 20.4.